The molecule has 6 nitrogen and oxygen atoms in total. The van der Waals surface area contributed by atoms with Gasteiger partial charge in [-0.05, 0) is 17.7 Å². The van der Waals surface area contributed by atoms with Gasteiger partial charge in [0.1, 0.15) is 0 Å². The van der Waals surface area contributed by atoms with E-state index in [1.165, 1.54) is 12.1 Å². The quantitative estimate of drug-likeness (QED) is 0.666. The Morgan fingerprint density at radius 2 is 2.20 bits per heavy atom. The van der Waals surface area contributed by atoms with Gasteiger partial charge in [0.05, 0.1) is 11.5 Å². The third-order valence-electron chi connectivity index (χ3n) is 3.00. The van der Waals surface area contributed by atoms with Gasteiger partial charge in [-0.15, -0.1) is 0 Å². The maximum absolute atomic E-state index is 10.7. The topological polar surface area (TPSA) is 79.5 Å². The van der Waals surface area contributed by atoms with E-state index in [1.807, 2.05) is 24.1 Å². The van der Waals surface area contributed by atoms with E-state index in [0.717, 1.165) is 11.3 Å². The molecule has 0 amide bonds. The average Bonchev–Trinajstić information content (AvgIpc) is 2.47. The van der Waals surface area contributed by atoms with Crippen LogP contribution in [0, 0.1) is 10.1 Å². The molecule has 0 saturated carbocycles. The first kappa shape index (κ1) is 14.0. The van der Waals surface area contributed by atoms with Crippen molar-refractivity contribution in [3.05, 3.63) is 64.0 Å². The summed E-state index contributed by atoms with van der Waals surface area (Å²) < 4.78 is 0. The van der Waals surface area contributed by atoms with Gasteiger partial charge in [-0.25, -0.2) is 0 Å². The molecular formula is C14H15N3O3. The SMILES string of the molecule is CN(Cc1cccnc1)c1ccc([N+](=O)[O-])cc1CO. The molecule has 1 N–H and O–H groups in total. The van der Waals surface area contributed by atoms with Crippen LogP contribution in [0.5, 0.6) is 0 Å². The number of rotatable bonds is 5. The monoisotopic (exact) mass is 273 g/mol. The van der Waals surface area contributed by atoms with Gasteiger partial charge in [0.25, 0.3) is 5.69 Å². The van der Waals surface area contributed by atoms with Gasteiger partial charge in [-0.1, -0.05) is 6.07 Å². The molecule has 0 saturated heterocycles. The number of hydrogen-bond donors (Lipinski definition) is 1. The summed E-state index contributed by atoms with van der Waals surface area (Å²) in [6, 6.07) is 8.29. The second kappa shape index (κ2) is 6.12. The number of benzene rings is 1. The fourth-order valence-corrected chi connectivity index (χ4v) is 2.04. The van der Waals surface area contributed by atoms with E-state index < -0.39 is 4.92 Å². The molecule has 1 aromatic heterocycles. The number of non-ortho nitro benzene ring substituents is 1. The molecule has 20 heavy (non-hydrogen) atoms. The first-order valence-electron chi connectivity index (χ1n) is 6.10. The van der Waals surface area contributed by atoms with Crippen LogP contribution in [0.3, 0.4) is 0 Å². The predicted octanol–water partition coefficient (Wildman–Crippen LogP) is 2.12. The molecule has 1 heterocycles. The Morgan fingerprint density at radius 1 is 1.40 bits per heavy atom. The number of pyridine rings is 1. The molecule has 0 atom stereocenters. The van der Waals surface area contributed by atoms with Crippen LogP contribution in [0.1, 0.15) is 11.1 Å². The zero-order valence-corrected chi connectivity index (χ0v) is 11.1. The summed E-state index contributed by atoms with van der Waals surface area (Å²) in [5, 5.41) is 20.1. The number of anilines is 1. The zero-order valence-electron chi connectivity index (χ0n) is 11.1. The van der Waals surface area contributed by atoms with E-state index in [1.54, 1.807) is 18.5 Å². The first-order chi connectivity index (χ1) is 9.61. The van der Waals surface area contributed by atoms with Gasteiger partial charge in [0.2, 0.25) is 0 Å². The predicted molar refractivity (Wildman–Crippen MR) is 75.4 cm³/mol. The van der Waals surface area contributed by atoms with E-state index in [2.05, 4.69) is 4.98 Å². The van der Waals surface area contributed by atoms with E-state index in [-0.39, 0.29) is 12.3 Å². The summed E-state index contributed by atoms with van der Waals surface area (Å²) in [5.74, 6) is 0. The molecule has 2 aromatic rings. The van der Waals surface area contributed by atoms with Crippen molar-refractivity contribution in [2.24, 2.45) is 0 Å². The maximum atomic E-state index is 10.7. The fourth-order valence-electron chi connectivity index (χ4n) is 2.04. The summed E-state index contributed by atoms with van der Waals surface area (Å²) in [7, 11) is 1.87. The molecule has 2 rings (SSSR count). The molecule has 0 aliphatic carbocycles. The van der Waals surface area contributed by atoms with E-state index in [0.29, 0.717) is 12.1 Å². The van der Waals surface area contributed by atoms with Crippen molar-refractivity contribution in [3.63, 3.8) is 0 Å². The molecule has 6 heteroatoms. The molecular weight excluding hydrogens is 258 g/mol. The van der Waals surface area contributed by atoms with Crippen molar-refractivity contribution in [1.82, 2.24) is 4.98 Å². The Kier molecular flexibility index (Phi) is 4.27. The van der Waals surface area contributed by atoms with Gasteiger partial charge < -0.3 is 10.0 Å². The number of nitro groups is 1. The molecule has 0 spiro atoms. The van der Waals surface area contributed by atoms with Gasteiger partial charge in [-0.3, -0.25) is 15.1 Å². The summed E-state index contributed by atoms with van der Waals surface area (Å²) in [5.41, 5.74) is 2.30. The van der Waals surface area contributed by atoms with Crippen molar-refractivity contribution in [2.75, 3.05) is 11.9 Å². The molecule has 0 bridgehead atoms. The lowest BCUT2D eigenvalue weighted by Crippen LogP contribution is -2.18. The standard InChI is InChI=1S/C14H15N3O3/c1-16(9-11-3-2-6-15-8-11)14-5-4-13(17(19)20)7-12(14)10-18/h2-8,18H,9-10H2,1H3. The lowest BCUT2D eigenvalue weighted by Gasteiger charge is -2.21. The minimum Gasteiger partial charge on any atom is -0.392 e. The van der Waals surface area contributed by atoms with Crippen molar-refractivity contribution in [3.8, 4) is 0 Å². The highest BCUT2D eigenvalue weighted by atomic mass is 16.6. The lowest BCUT2D eigenvalue weighted by molar-refractivity contribution is -0.384. The molecule has 0 aliphatic rings. The number of aliphatic hydroxyl groups excluding tert-OH is 1. The summed E-state index contributed by atoms with van der Waals surface area (Å²) in [6.45, 7) is 0.368. The number of hydrogen-bond acceptors (Lipinski definition) is 5. The van der Waals surface area contributed by atoms with Crippen LogP contribution in [-0.4, -0.2) is 22.1 Å². The molecule has 0 fully saturated rings. The second-order valence-electron chi connectivity index (χ2n) is 4.45. The van der Waals surface area contributed by atoms with Crippen LogP contribution in [0.4, 0.5) is 11.4 Å². The van der Waals surface area contributed by atoms with Gasteiger partial charge >= 0.3 is 0 Å². The van der Waals surface area contributed by atoms with E-state index >= 15 is 0 Å². The largest absolute Gasteiger partial charge is 0.392 e. The van der Waals surface area contributed by atoms with Gasteiger partial charge in [0.15, 0.2) is 0 Å². The highest BCUT2D eigenvalue weighted by Crippen LogP contribution is 2.25. The number of nitrogens with zero attached hydrogens (tertiary/aromatic N) is 3. The third-order valence-corrected chi connectivity index (χ3v) is 3.00. The van der Waals surface area contributed by atoms with Crippen molar-refractivity contribution >= 4 is 11.4 Å². The highest BCUT2D eigenvalue weighted by Gasteiger charge is 2.13. The average molecular weight is 273 g/mol. The minimum atomic E-state index is -0.468. The van der Waals surface area contributed by atoms with Crippen LogP contribution in [0.15, 0.2) is 42.7 Å². The number of aliphatic hydroxyl groups is 1. The Balaban J connectivity index is 2.25. The molecule has 104 valence electrons. The van der Waals surface area contributed by atoms with E-state index in [9.17, 15) is 15.2 Å². The Hall–Kier alpha value is -2.47. The van der Waals surface area contributed by atoms with Crippen LogP contribution in [0.25, 0.3) is 0 Å². The Morgan fingerprint density at radius 3 is 2.80 bits per heavy atom. The highest BCUT2D eigenvalue weighted by molar-refractivity contribution is 5.57. The third kappa shape index (κ3) is 3.10. The van der Waals surface area contributed by atoms with Crippen LogP contribution < -0.4 is 4.90 Å². The fraction of sp³-hybridized carbons (Fsp3) is 0.214. The molecule has 0 aliphatic heterocycles. The molecule has 0 radical (unpaired) electrons. The smallest absolute Gasteiger partial charge is 0.269 e. The first-order valence-corrected chi connectivity index (χ1v) is 6.10. The van der Waals surface area contributed by atoms with Crippen molar-refractivity contribution in [1.29, 1.82) is 0 Å². The van der Waals surface area contributed by atoms with Crippen molar-refractivity contribution < 1.29 is 10.0 Å². The Bertz CT molecular complexity index is 602. The minimum absolute atomic E-state index is 0.0208. The van der Waals surface area contributed by atoms with Crippen LogP contribution in [-0.2, 0) is 13.2 Å². The number of aromatic nitrogens is 1. The summed E-state index contributed by atoms with van der Waals surface area (Å²) >= 11 is 0. The summed E-state index contributed by atoms with van der Waals surface area (Å²) in [4.78, 5) is 16.2. The zero-order chi connectivity index (χ0) is 14.5. The van der Waals surface area contributed by atoms with Crippen LogP contribution in [0.2, 0.25) is 0 Å². The molecule has 0 unspecified atom stereocenters. The normalized spacial score (nSPS) is 10.3. The van der Waals surface area contributed by atoms with E-state index in [4.69, 9.17) is 0 Å². The van der Waals surface area contributed by atoms with Crippen molar-refractivity contribution in [2.45, 2.75) is 13.2 Å². The van der Waals surface area contributed by atoms with Gasteiger partial charge in [-0.2, -0.15) is 0 Å². The number of nitro benzene ring substituents is 1. The summed E-state index contributed by atoms with van der Waals surface area (Å²) in [6.07, 6.45) is 3.47. The van der Waals surface area contributed by atoms with Crippen LogP contribution >= 0.6 is 0 Å². The second-order valence-corrected chi connectivity index (χ2v) is 4.45. The maximum Gasteiger partial charge on any atom is 0.269 e. The lowest BCUT2D eigenvalue weighted by atomic mass is 10.1. The Labute approximate surface area is 116 Å². The molecule has 1 aromatic carbocycles. The van der Waals surface area contributed by atoms with Gasteiger partial charge in [0, 0.05) is 49.4 Å².